The van der Waals surface area contributed by atoms with Gasteiger partial charge in [-0.25, -0.2) is 4.99 Å². The lowest BCUT2D eigenvalue weighted by Gasteiger charge is -2.36. The van der Waals surface area contributed by atoms with Crippen molar-refractivity contribution in [2.75, 3.05) is 64.8 Å². The Labute approximate surface area is 273 Å². The van der Waals surface area contributed by atoms with E-state index in [0.29, 0.717) is 13.2 Å². The maximum absolute atomic E-state index is 12.8. The zero-order chi connectivity index (χ0) is 31.8. The first kappa shape index (κ1) is 33.4. The van der Waals surface area contributed by atoms with Crippen molar-refractivity contribution in [1.29, 1.82) is 0 Å². The highest BCUT2D eigenvalue weighted by atomic mass is 32.2. The summed E-state index contributed by atoms with van der Waals surface area (Å²) in [5, 5.41) is 13.5. The van der Waals surface area contributed by atoms with Gasteiger partial charge in [0.15, 0.2) is 0 Å². The van der Waals surface area contributed by atoms with Gasteiger partial charge in [0.2, 0.25) is 23.6 Å². The van der Waals surface area contributed by atoms with E-state index in [1.165, 1.54) is 0 Å². The largest absolute Gasteiger partial charge is 0.394 e. The van der Waals surface area contributed by atoms with Gasteiger partial charge in [0.25, 0.3) is 0 Å². The summed E-state index contributed by atoms with van der Waals surface area (Å²) in [6.45, 7) is 5.08. The van der Waals surface area contributed by atoms with Gasteiger partial charge in [0.05, 0.1) is 36.5 Å². The van der Waals surface area contributed by atoms with Crippen LogP contribution in [0.15, 0.2) is 57.2 Å². The molecule has 0 bridgehead atoms. The summed E-state index contributed by atoms with van der Waals surface area (Å²) in [7, 11) is 2.11. The molecule has 3 N–H and O–H groups in total. The van der Waals surface area contributed by atoms with E-state index in [-0.39, 0.29) is 37.8 Å². The number of aliphatic hydroxyl groups excluding tert-OH is 1. The third-order valence-corrected chi connectivity index (χ3v) is 10.3. The van der Waals surface area contributed by atoms with Gasteiger partial charge in [-0.2, -0.15) is 0 Å². The quantitative estimate of drug-likeness (QED) is 0.171. The van der Waals surface area contributed by atoms with Crippen LogP contribution in [0, 0.1) is 0 Å². The summed E-state index contributed by atoms with van der Waals surface area (Å²) in [6.07, 6.45) is -0.0254. The van der Waals surface area contributed by atoms with Crippen molar-refractivity contribution in [1.82, 2.24) is 25.1 Å². The van der Waals surface area contributed by atoms with E-state index in [0.717, 1.165) is 81.8 Å². The van der Waals surface area contributed by atoms with Gasteiger partial charge >= 0.3 is 0 Å². The van der Waals surface area contributed by atoms with Crippen LogP contribution < -0.4 is 10.4 Å². The van der Waals surface area contributed by atoms with E-state index < -0.39 is 23.0 Å². The molecule has 0 aliphatic carbocycles. The number of hydrogen-bond acceptors (Lipinski definition) is 11. The Morgan fingerprint density at radius 1 is 1.07 bits per heavy atom. The smallest absolute Gasteiger partial charge is 0.243 e. The van der Waals surface area contributed by atoms with Crippen molar-refractivity contribution in [3.8, 4) is 0 Å². The average molecular weight is 673 g/mol. The molecule has 2 aromatic carbocycles. The summed E-state index contributed by atoms with van der Waals surface area (Å²) >= 11 is 2.73. The summed E-state index contributed by atoms with van der Waals surface area (Å²) < 4.78 is 5.44. The van der Waals surface area contributed by atoms with Gasteiger partial charge < -0.3 is 25.1 Å². The molecule has 4 amide bonds. The number of aliphatic imine (C=N–C) groups is 1. The fourth-order valence-electron chi connectivity index (χ4n) is 5.23. The molecule has 15 heteroatoms. The van der Waals surface area contributed by atoms with Crippen LogP contribution in [0.4, 0.5) is 5.69 Å². The Kier molecular flexibility index (Phi) is 11.9. The number of carbonyl (C=O) groups excluding carboxylic acids is 4. The second kappa shape index (κ2) is 16.0. The molecule has 12 nitrogen and oxygen atoms in total. The number of aliphatic hydroxyl groups is 1. The average Bonchev–Trinajstić information content (AvgIpc) is 3.21. The van der Waals surface area contributed by atoms with Crippen LogP contribution in [-0.2, 0) is 30.5 Å². The summed E-state index contributed by atoms with van der Waals surface area (Å²) in [5.74, 6) is -0.580. The number of likely N-dealkylation sites (tertiary alicyclic amines) is 1. The third kappa shape index (κ3) is 8.63. The van der Waals surface area contributed by atoms with E-state index in [1.54, 1.807) is 11.8 Å². The van der Waals surface area contributed by atoms with Crippen LogP contribution in [0.5, 0.6) is 0 Å². The van der Waals surface area contributed by atoms with E-state index in [4.69, 9.17) is 14.8 Å². The van der Waals surface area contributed by atoms with Gasteiger partial charge in [-0.3, -0.25) is 29.0 Å². The maximum Gasteiger partial charge on any atom is 0.243 e. The molecular formula is C30H37N6O6PS2. The molecule has 45 heavy (non-hydrogen) atoms. The second-order valence-electron chi connectivity index (χ2n) is 10.7. The number of thioether (sulfide) groups is 1. The molecule has 0 spiro atoms. The van der Waals surface area contributed by atoms with Crippen molar-refractivity contribution in [3.05, 3.63) is 53.6 Å². The van der Waals surface area contributed by atoms with Crippen LogP contribution >= 0.6 is 32.9 Å². The lowest BCUT2D eigenvalue weighted by Crippen LogP contribution is -2.49. The van der Waals surface area contributed by atoms with Gasteiger partial charge in [-0.1, -0.05) is 30.0 Å². The number of nitrogens with one attached hydrogen (secondary N) is 2. The molecule has 0 aromatic heterocycles. The first-order valence-corrected chi connectivity index (χ1v) is 17.2. The topological polar surface area (TPSA) is 144 Å². The fourth-order valence-corrected chi connectivity index (χ4v) is 7.52. The minimum Gasteiger partial charge on any atom is -0.394 e. The van der Waals surface area contributed by atoms with Crippen molar-refractivity contribution >= 4 is 68.1 Å². The van der Waals surface area contributed by atoms with Gasteiger partial charge in [0.1, 0.15) is 12.4 Å². The molecule has 0 saturated carbocycles. The first-order valence-electron chi connectivity index (χ1n) is 14.7. The Bertz CT molecular complexity index is 1450. The molecular weight excluding hydrogens is 635 g/mol. The highest BCUT2D eigenvalue weighted by Gasteiger charge is 2.40. The number of imide groups is 1. The van der Waals surface area contributed by atoms with Crippen molar-refractivity contribution in [2.24, 2.45) is 4.99 Å². The Morgan fingerprint density at radius 2 is 1.87 bits per heavy atom. The number of ether oxygens (including phenoxy) is 1. The molecule has 2 saturated heterocycles. The summed E-state index contributed by atoms with van der Waals surface area (Å²) in [6, 6.07) is 14.1. The molecule has 2 fully saturated rings. The number of amidine groups is 1. The molecule has 240 valence electrons. The number of fused-ring (bicyclic) bond motifs is 2. The Balaban J connectivity index is 1.22. The first-order chi connectivity index (χ1) is 21.9. The molecule has 3 aliphatic heterocycles. The van der Waals surface area contributed by atoms with Crippen molar-refractivity contribution in [2.45, 2.75) is 28.0 Å². The number of hydrogen-bond donors (Lipinski definition) is 3. The van der Waals surface area contributed by atoms with Gasteiger partial charge in [-0.15, -0.1) is 11.8 Å². The maximum atomic E-state index is 12.8. The standard InChI is InChI=1S/C30H37N6O6PS2/c37-12-14-42-13-11-34-7-9-35(10-8-34)29-21-6-5-20(15-24(21)45-23-4-2-1-3-22(23)32-29)17-31-26(38)18-36-28(40)16-25(30(36)41)44-19-27(39)33-43/h1-6,15,25,37H,7-14,16-19,43H2,(H,31,38)(H,33,39). The number of nitrogens with zero attached hydrogens (tertiary/aromatic N) is 4. The number of para-hydroxylation sites is 1. The summed E-state index contributed by atoms with van der Waals surface area (Å²) in [5.41, 5.74) is 2.82. The van der Waals surface area contributed by atoms with E-state index in [2.05, 4.69) is 41.7 Å². The van der Waals surface area contributed by atoms with Gasteiger partial charge in [-0.05, 0) is 39.2 Å². The van der Waals surface area contributed by atoms with E-state index in [9.17, 15) is 19.2 Å². The number of amides is 4. The minimum absolute atomic E-state index is 0.0254. The van der Waals surface area contributed by atoms with Crippen LogP contribution in [0.25, 0.3) is 0 Å². The number of piperazine rings is 1. The molecule has 2 unspecified atom stereocenters. The van der Waals surface area contributed by atoms with Crippen molar-refractivity contribution < 1.29 is 29.0 Å². The molecule has 5 rings (SSSR count). The lowest BCUT2D eigenvalue weighted by molar-refractivity contribution is -0.142. The molecule has 2 atom stereocenters. The second-order valence-corrected chi connectivity index (χ2v) is 13.2. The highest BCUT2D eigenvalue weighted by molar-refractivity contribution is 8.01. The number of carbonyl (C=O) groups is 4. The SMILES string of the molecule is O=C(CSC1CC(=O)N(CC(=O)NCc2ccc3c(c2)Sc2ccccc2N=C3N2CCN(CCOCCO)CC2)C1=O)NP. The lowest BCUT2D eigenvalue weighted by atomic mass is 10.1. The summed E-state index contributed by atoms with van der Waals surface area (Å²) in [4.78, 5) is 62.3. The minimum atomic E-state index is -0.665. The van der Waals surface area contributed by atoms with Crippen LogP contribution in [-0.4, -0.2) is 119 Å². The van der Waals surface area contributed by atoms with Gasteiger partial charge in [0, 0.05) is 61.0 Å². The van der Waals surface area contributed by atoms with E-state index >= 15 is 0 Å². The molecule has 2 aromatic rings. The predicted octanol–water partition coefficient (Wildman–Crippen LogP) is 1.24. The van der Waals surface area contributed by atoms with Crippen LogP contribution in [0.1, 0.15) is 17.5 Å². The number of benzene rings is 2. The zero-order valence-corrected chi connectivity index (χ0v) is 27.6. The Hall–Kier alpha value is -3.00. The van der Waals surface area contributed by atoms with E-state index in [1.807, 2.05) is 30.3 Å². The third-order valence-electron chi connectivity index (χ3n) is 7.63. The Morgan fingerprint density at radius 3 is 2.64 bits per heavy atom. The monoisotopic (exact) mass is 672 g/mol. The normalized spacial score (nSPS) is 18.3. The zero-order valence-electron chi connectivity index (χ0n) is 24.8. The molecule has 3 heterocycles. The highest BCUT2D eigenvalue weighted by Crippen LogP contribution is 2.41. The fraction of sp³-hybridized carbons (Fsp3) is 0.433. The molecule has 3 aliphatic rings. The van der Waals surface area contributed by atoms with Crippen molar-refractivity contribution in [3.63, 3.8) is 0 Å². The predicted molar refractivity (Wildman–Crippen MR) is 176 cm³/mol. The molecule has 0 radical (unpaired) electrons. The number of rotatable bonds is 12. The van der Waals surface area contributed by atoms with Crippen LogP contribution in [0.3, 0.4) is 0 Å². The van der Waals surface area contributed by atoms with Crippen LogP contribution in [0.2, 0.25) is 0 Å².